The van der Waals surface area contributed by atoms with Crippen LogP contribution in [-0.2, 0) is 15.1 Å². The first-order chi connectivity index (χ1) is 9.58. The topological polar surface area (TPSA) is 84.9 Å². The van der Waals surface area contributed by atoms with Gasteiger partial charge in [0, 0.05) is 0 Å². The third-order valence-electron chi connectivity index (χ3n) is 2.85. The second-order valence-electron chi connectivity index (χ2n) is 5.79. The van der Waals surface area contributed by atoms with Crippen molar-refractivity contribution < 1.29 is 24.2 Å². The number of rotatable bonds is 4. The molecule has 0 aliphatic rings. The van der Waals surface area contributed by atoms with Gasteiger partial charge >= 0.3 is 12.1 Å². The minimum absolute atomic E-state index is 0.418. The smallest absolute Gasteiger partial charge is 0.408 e. The van der Waals surface area contributed by atoms with Crippen LogP contribution in [0.15, 0.2) is 24.3 Å². The number of methoxy groups -OCH3 is 1. The van der Waals surface area contributed by atoms with Gasteiger partial charge in [0.15, 0.2) is 5.54 Å². The van der Waals surface area contributed by atoms with E-state index in [0.29, 0.717) is 11.3 Å². The standard InChI is InChI=1S/C15H21NO5/c1-14(2,3)21-13(19)16-15(4,12(17)18)10-6-8-11(20-5)9-7-10/h6-9H,1-5H3,(H,16,19)(H,17,18)/t15-/m0/s1. The number of carboxylic acid groups (broad SMARTS) is 1. The molecule has 0 unspecified atom stereocenters. The van der Waals surface area contributed by atoms with Gasteiger partial charge in [0.05, 0.1) is 7.11 Å². The van der Waals surface area contributed by atoms with E-state index in [-0.39, 0.29) is 0 Å². The molecule has 0 aromatic heterocycles. The summed E-state index contributed by atoms with van der Waals surface area (Å²) in [6.07, 6.45) is -0.789. The average Bonchev–Trinajstić information content (AvgIpc) is 2.36. The van der Waals surface area contributed by atoms with E-state index in [2.05, 4.69) is 5.32 Å². The third kappa shape index (κ3) is 4.37. The van der Waals surface area contributed by atoms with Crippen molar-refractivity contribution in [3.63, 3.8) is 0 Å². The Kier molecular flexibility index (Phi) is 4.83. The van der Waals surface area contributed by atoms with Gasteiger partial charge in [-0.2, -0.15) is 0 Å². The van der Waals surface area contributed by atoms with Gasteiger partial charge in [-0.1, -0.05) is 12.1 Å². The minimum atomic E-state index is -1.59. The van der Waals surface area contributed by atoms with Crippen LogP contribution >= 0.6 is 0 Å². The number of carbonyl (C=O) groups excluding carboxylic acids is 1. The molecule has 0 saturated heterocycles. The van der Waals surface area contributed by atoms with Gasteiger partial charge in [-0.05, 0) is 45.4 Å². The molecule has 21 heavy (non-hydrogen) atoms. The lowest BCUT2D eigenvalue weighted by molar-refractivity contribution is -0.144. The quantitative estimate of drug-likeness (QED) is 0.891. The highest BCUT2D eigenvalue weighted by atomic mass is 16.6. The van der Waals surface area contributed by atoms with Gasteiger partial charge in [-0.15, -0.1) is 0 Å². The summed E-state index contributed by atoms with van der Waals surface area (Å²) in [5.41, 5.74) is -1.88. The second kappa shape index (κ2) is 6.03. The van der Waals surface area contributed by atoms with Crippen LogP contribution in [0.25, 0.3) is 0 Å². The molecule has 0 saturated carbocycles. The Hall–Kier alpha value is -2.24. The molecule has 1 rings (SSSR count). The summed E-state index contributed by atoms with van der Waals surface area (Å²) < 4.78 is 10.1. The first kappa shape index (κ1) is 16.8. The molecule has 2 N–H and O–H groups in total. The maximum Gasteiger partial charge on any atom is 0.408 e. The molecule has 6 nitrogen and oxygen atoms in total. The number of ether oxygens (including phenoxy) is 2. The second-order valence-corrected chi connectivity index (χ2v) is 5.79. The lowest BCUT2D eigenvalue weighted by Gasteiger charge is -2.29. The Bertz CT molecular complexity index is 518. The fourth-order valence-corrected chi connectivity index (χ4v) is 1.68. The maximum atomic E-state index is 11.9. The van der Waals surface area contributed by atoms with Crippen molar-refractivity contribution in [2.24, 2.45) is 0 Å². The molecule has 0 fully saturated rings. The van der Waals surface area contributed by atoms with E-state index in [4.69, 9.17) is 9.47 Å². The van der Waals surface area contributed by atoms with Crippen molar-refractivity contribution in [1.82, 2.24) is 5.32 Å². The molecule has 0 aliphatic heterocycles. The van der Waals surface area contributed by atoms with E-state index in [1.54, 1.807) is 45.0 Å². The van der Waals surface area contributed by atoms with Crippen LogP contribution in [0.2, 0.25) is 0 Å². The van der Waals surface area contributed by atoms with Crippen LogP contribution in [0.3, 0.4) is 0 Å². The summed E-state index contributed by atoms with van der Waals surface area (Å²) in [4.78, 5) is 23.4. The number of hydrogen-bond donors (Lipinski definition) is 2. The fourth-order valence-electron chi connectivity index (χ4n) is 1.68. The Balaban J connectivity index is 3.02. The molecule has 1 aromatic rings. The number of hydrogen-bond acceptors (Lipinski definition) is 4. The Morgan fingerprint density at radius 2 is 1.62 bits per heavy atom. The highest BCUT2D eigenvalue weighted by Gasteiger charge is 2.38. The number of carboxylic acids is 1. The van der Waals surface area contributed by atoms with E-state index in [1.807, 2.05) is 0 Å². The molecular formula is C15H21NO5. The van der Waals surface area contributed by atoms with E-state index in [9.17, 15) is 14.7 Å². The van der Waals surface area contributed by atoms with Gasteiger partial charge in [-0.25, -0.2) is 9.59 Å². The largest absolute Gasteiger partial charge is 0.497 e. The van der Waals surface area contributed by atoms with Crippen LogP contribution < -0.4 is 10.1 Å². The minimum Gasteiger partial charge on any atom is -0.497 e. The summed E-state index contributed by atoms with van der Waals surface area (Å²) in [7, 11) is 1.52. The molecule has 0 aliphatic carbocycles. The molecule has 0 spiro atoms. The molecule has 0 bridgehead atoms. The highest BCUT2D eigenvalue weighted by molar-refractivity contribution is 5.85. The van der Waals surface area contributed by atoms with Gasteiger partial charge in [0.1, 0.15) is 11.4 Å². The van der Waals surface area contributed by atoms with Crippen molar-refractivity contribution in [2.75, 3.05) is 7.11 Å². The number of benzene rings is 1. The third-order valence-corrected chi connectivity index (χ3v) is 2.85. The monoisotopic (exact) mass is 295 g/mol. The maximum absolute atomic E-state index is 11.9. The first-order valence-electron chi connectivity index (χ1n) is 6.47. The molecule has 1 aromatic carbocycles. The van der Waals surface area contributed by atoms with Crippen molar-refractivity contribution in [1.29, 1.82) is 0 Å². The highest BCUT2D eigenvalue weighted by Crippen LogP contribution is 2.24. The molecule has 1 atom stereocenters. The van der Waals surface area contributed by atoms with Crippen molar-refractivity contribution in [3.8, 4) is 5.75 Å². The molecular weight excluding hydrogens is 274 g/mol. The number of alkyl carbamates (subject to hydrolysis) is 1. The van der Waals surface area contributed by atoms with Gasteiger partial charge in [0.25, 0.3) is 0 Å². The van der Waals surface area contributed by atoms with Gasteiger partial charge < -0.3 is 19.9 Å². The van der Waals surface area contributed by atoms with E-state index in [0.717, 1.165) is 0 Å². The first-order valence-corrected chi connectivity index (χ1v) is 6.47. The molecule has 1 amide bonds. The summed E-state index contributed by atoms with van der Waals surface area (Å²) >= 11 is 0. The van der Waals surface area contributed by atoms with Crippen molar-refractivity contribution in [3.05, 3.63) is 29.8 Å². The summed E-state index contributed by atoms with van der Waals surface area (Å²) in [5.74, 6) is -0.581. The van der Waals surface area contributed by atoms with Crippen LogP contribution in [0.4, 0.5) is 4.79 Å². The Morgan fingerprint density at radius 1 is 1.10 bits per heavy atom. The summed E-state index contributed by atoms with van der Waals surface area (Å²) in [5, 5.41) is 11.9. The van der Waals surface area contributed by atoms with Crippen LogP contribution in [-0.4, -0.2) is 29.9 Å². The zero-order valence-electron chi connectivity index (χ0n) is 12.9. The lowest BCUT2D eigenvalue weighted by atomic mass is 9.92. The van der Waals surface area contributed by atoms with E-state index < -0.39 is 23.2 Å². The normalized spacial score (nSPS) is 14.0. The average molecular weight is 295 g/mol. The lowest BCUT2D eigenvalue weighted by Crippen LogP contribution is -2.51. The number of nitrogens with one attached hydrogen (secondary N) is 1. The van der Waals surface area contributed by atoms with Crippen molar-refractivity contribution in [2.45, 2.75) is 38.8 Å². The zero-order chi connectivity index (χ0) is 16.3. The van der Waals surface area contributed by atoms with Gasteiger partial charge in [0.2, 0.25) is 0 Å². The predicted octanol–water partition coefficient (Wildman–Crippen LogP) is 2.52. The van der Waals surface area contributed by atoms with Crippen LogP contribution in [0, 0.1) is 0 Å². The number of carbonyl (C=O) groups is 2. The van der Waals surface area contributed by atoms with E-state index >= 15 is 0 Å². The predicted molar refractivity (Wildman–Crippen MR) is 77.4 cm³/mol. The van der Waals surface area contributed by atoms with Crippen molar-refractivity contribution >= 4 is 12.1 Å². The molecule has 0 heterocycles. The summed E-state index contributed by atoms with van der Waals surface area (Å²) in [6, 6.07) is 6.44. The Morgan fingerprint density at radius 3 is 2.00 bits per heavy atom. The number of aliphatic carboxylic acids is 1. The SMILES string of the molecule is COc1ccc([C@](C)(NC(=O)OC(C)(C)C)C(=O)O)cc1. The molecule has 116 valence electrons. The molecule has 6 heteroatoms. The Labute approximate surface area is 124 Å². The van der Waals surface area contributed by atoms with Crippen LogP contribution in [0.5, 0.6) is 5.75 Å². The van der Waals surface area contributed by atoms with E-state index in [1.165, 1.54) is 14.0 Å². The zero-order valence-corrected chi connectivity index (χ0v) is 12.9. The number of amides is 1. The fraction of sp³-hybridized carbons (Fsp3) is 0.467. The molecule has 0 radical (unpaired) electrons. The summed E-state index contributed by atoms with van der Waals surface area (Å²) in [6.45, 7) is 6.52. The van der Waals surface area contributed by atoms with Gasteiger partial charge in [-0.3, -0.25) is 0 Å². The van der Waals surface area contributed by atoms with Crippen LogP contribution in [0.1, 0.15) is 33.3 Å².